The molecule has 0 N–H and O–H groups in total. The first-order valence-electron chi connectivity index (χ1n) is 9.54. The predicted octanol–water partition coefficient (Wildman–Crippen LogP) is 3.99. The van der Waals surface area contributed by atoms with Crippen molar-refractivity contribution >= 4 is 0 Å². The molecule has 2 unspecified atom stereocenters. The molecule has 2 saturated heterocycles. The van der Waals surface area contributed by atoms with Crippen molar-refractivity contribution in [3.63, 3.8) is 0 Å². The van der Waals surface area contributed by atoms with Crippen LogP contribution in [0, 0.1) is 0 Å². The number of ether oxygens (including phenoxy) is 4. The van der Waals surface area contributed by atoms with Crippen LogP contribution in [0.4, 0.5) is 0 Å². The maximum Gasteiger partial charge on any atom is 0.199 e. The highest BCUT2D eigenvalue weighted by atomic mass is 16.7. The summed E-state index contributed by atoms with van der Waals surface area (Å²) in [7, 11) is 0. The van der Waals surface area contributed by atoms with Crippen LogP contribution in [0.2, 0.25) is 0 Å². The fraction of sp³-hybridized carbons (Fsp3) is 0.700. The Morgan fingerprint density at radius 1 is 0.833 bits per heavy atom. The number of rotatable bonds is 4. The van der Waals surface area contributed by atoms with Gasteiger partial charge in [0.05, 0.1) is 12.7 Å². The van der Waals surface area contributed by atoms with E-state index in [1.165, 1.54) is 24.0 Å². The van der Waals surface area contributed by atoms with E-state index >= 15 is 0 Å². The average Bonchev–Trinajstić information content (AvgIpc) is 2.63. The van der Waals surface area contributed by atoms with Crippen LogP contribution in [0.1, 0.15) is 56.1 Å². The Balaban J connectivity index is 1.37. The Bertz CT molecular complexity index is 532. The van der Waals surface area contributed by atoms with E-state index in [9.17, 15) is 0 Å². The smallest absolute Gasteiger partial charge is 0.199 e. The van der Waals surface area contributed by atoms with Gasteiger partial charge >= 0.3 is 0 Å². The summed E-state index contributed by atoms with van der Waals surface area (Å²) < 4.78 is 23.6. The molecule has 132 valence electrons. The highest BCUT2D eigenvalue weighted by molar-refractivity contribution is 5.37. The van der Waals surface area contributed by atoms with Crippen LogP contribution in [-0.2, 0) is 27.1 Å². The van der Waals surface area contributed by atoms with Gasteiger partial charge in [-0.05, 0) is 74.6 Å². The SMILES string of the molecule is c1cc2c(cc1OC1CCCCO1)C[C@@H](OC1CCCCO1)CC2. The van der Waals surface area contributed by atoms with Crippen LogP contribution in [0.5, 0.6) is 5.75 Å². The number of benzene rings is 1. The average molecular weight is 332 g/mol. The van der Waals surface area contributed by atoms with Crippen molar-refractivity contribution in [3.8, 4) is 5.75 Å². The van der Waals surface area contributed by atoms with Crippen molar-refractivity contribution in [2.45, 2.75) is 76.5 Å². The summed E-state index contributed by atoms with van der Waals surface area (Å²) in [5.41, 5.74) is 2.78. The summed E-state index contributed by atoms with van der Waals surface area (Å²) in [6.07, 6.45) is 10.0. The predicted molar refractivity (Wildman–Crippen MR) is 91.2 cm³/mol. The third kappa shape index (κ3) is 4.11. The van der Waals surface area contributed by atoms with E-state index in [0.29, 0.717) is 0 Å². The van der Waals surface area contributed by atoms with Crippen LogP contribution >= 0.6 is 0 Å². The summed E-state index contributed by atoms with van der Waals surface area (Å²) in [4.78, 5) is 0. The minimum absolute atomic E-state index is 0.000344. The zero-order valence-electron chi connectivity index (χ0n) is 14.4. The molecule has 0 spiro atoms. The number of hydrogen-bond acceptors (Lipinski definition) is 4. The van der Waals surface area contributed by atoms with Crippen molar-refractivity contribution in [2.75, 3.05) is 13.2 Å². The molecule has 0 saturated carbocycles. The summed E-state index contributed by atoms with van der Waals surface area (Å²) in [5.74, 6) is 0.926. The Kier molecular flexibility index (Phi) is 5.36. The van der Waals surface area contributed by atoms with E-state index in [1.807, 2.05) is 0 Å². The third-order valence-electron chi connectivity index (χ3n) is 5.25. The van der Waals surface area contributed by atoms with Gasteiger partial charge in [0.1, 0.15) is 5.75 Å². The minimum Gasteiger partial charge on any atom is -0.465 e. The fourth-order valence-corrected chi connectivity index (χ4v) is 3.88. The number of hydrogen-bond donors (Lipinski definition) is 0. The molecule has 0 radical (unpaired) electrons. The first-order valence-corrected chi connectivity index (χ1v) is 9.54. The van der Waals surface area contributed by atoms with Crippen LogP contribution in [-0.4, -0.2) is 31.9 Å². The topological polar surface area (TPSA) is 36.9 Å². The summed E-state index contributed by atoms with van der Waals surface area (Å²) in [6.45, 7) is 1.65. The van der Waals surface area contributed by atoms with Gasteiger partial charge in [-0.15, -0.1) is 0 Å². The summed E-state index contributed by atoms with van der Waals surface area (Å²) in [6, 6.07) is 6.48. The number of fused-ring (bicyclic) bond motifs is 1. The van der Waals surface area contributed by atoms with E-state index in [0.717, 1.165) is 63.9 Å². The minimum atomic E-state index is -0.0805. The van der Waals surface area contributed by atoms with E-state index < -0.39 is 0 Å². The zero-order chi connectivity index (χ0) is 16.2. The van der Waals surface area contributed by atoms with Gasteiger partial charge in [-0.2, -0.15) is 0 Å². The second kappa shape index (κ2) is 7.85. The van der Waals surface area contributed by atoms with Gasteiger partial charge in [-0.25, -0.2) is 0 Å². The van der Waals surface area contributed by atoms with Gasteiger partial charge in [-0.3, -0.25) is 0 Å². The molecule has 2 aliphatic heterocycles. The highest BCUT2D eigenvalue weighted by Gasteiger charge is 2.25. The van der Waals surface area contributed by atoms with Crippen LogP contribution in [0.25, 0.3) is 0 Å². The Morgan fingerprint density at radius 2 is 1.62 bits per heavy atom. The molecule has 3 atom stereocenters. The van der Waals surface area contributed by atoms with Crippen LogP contribution < -0.4 is 4.74 Å². The molecule has 4 nitrogen and oxygen atoms in total. The largest absolute Gasteiger partial charge is 0.465 e. The van der Waals surface area contributed by atoms with E-state index in [4.69, 9.17) is 18.9 Å². The second-order valence-corrected chi connectivity index (χ2v) is 7.14. The Hall–Kier alpha value is -1.10. The molecule has 1 aromatic rings. The lowest BCUT2D eigenvalue weighted by Crippen LogP contribution is -2.31. The first kappa shape index (κ1) is 16.4. The molecule has 1 aromatic carbocycles. The molecule has 0 amide bonds. The molecule has 4 heteroatoms. The lowest BCUT2D eigenvalue weighted by atomic mass is 9.89. The van der Waals surface area contributed by atoms with Gasteiger partial charge in [0, 0.05) is 13.0 Å². The maximum absolute atomic E-state index is 6.19. The Morgan fingerprint density at radius 3 is 2.38 bits per heavy atom. The molecule has 4 rings (SSSR count). The molecule has 2 heterocycles. The monoisotopic (exact) mass is 332 g/mol. The van der Waals surface area contributed by atoms with Crippen molar-refractivity contribution in [1.82, 2.24) is 0 Å². The standard InChI is InChI=1S/C20H28O4/c1-3-11-21-19(5-1)23-17-9-7-15-8-10-18(14-16(15)13-17)24-20-6-2-4-12-22-20/h7,9,13,18-20H,1-6,8,10-12,14H2/t18-,19?,20?/m0/s1. The third-order valence-corrected chi connectivity index (χ3v) is 5.25. The molecular formula is C20H28O4. The first-order chi connectivity index (χ1) is 11.9. The number of aryl methyl sites for hydroxylation is 1. The summed E-state index contributed by atoms with van der Waals surface area (Å²) in [5, 5.41) is 0. The lowest BCUT2D eigenvalue weighted by molar-refractivity contribution is -0.189. The van der Waals surface area contributed by atoms with Gasteiger partial charge in [0.2, 0.25) is 0 Å². The highest BCUT2D eigenvalue weighted by Crippen LogP contribution is 2.30. The molecule has 0 bridgehead atoms. The fourth-order valence-electron chi connectivity index (χ4n) is 3.88. The zero-order valence-corrected chi connectivity index (χ0v) is 14.4. The summed E-state index contributed by atoms with van der Waals surface area (Å²) >= 11 is 0. The van der Waals surface area contributed by atoms with Crippen LogP contribution in [0.15, 0.2) is 18.2 Å². The van der Waals surface area contributed by atoms with Crippen LogP contribution in [0.3, 0.4) is 0 Å². The second-order valence-electron chi connectivity index (χ2n) is 7.14. The van der Waals surface area contributed by atoms with Crippen molar-refractivity contribution in [2.24, 2.45) is 0 Å². The molecule has 24 heavy (non-hydrogen) atoms. The quantitative estimate of drug-likeness (QED) is 0.835. The molecule has 2 fully saturated rings. The normalized spacial score (nSPS) is 30.6. The van der Waals surface area contributed by atoms with Gasteiger partial charge < -0.3 is 18.9 Å². The van der Waals surface area contributed by atoms with E-state index in [1.54, 1.807) is 0 Å². The van der Waals surface area contributed by atoms with Gasteiger partial charge in [0.25, 0.3) is 0 Å². The molecule has 1 aliphatic carbocycles. The maximum atomic E-state index is 6.19. The van der Waals surface area contributed by atoms with Gasteiger partial charge in [-0.1, -0.05) is 6.07 Å². The molecular weight excluding hydrogens is 304 g/mol. The van der Waals surface area contributed by atoms with Crippen molar-refractivity contribution in [3.05, 3.63) is 29.3 Å². The van der Waals surface area contributed by atoms with E-state index in [2.05, 4.69) is 18.2 Å². The lowest BCUT2D eigenvalue weighted by Gasteiger charge is -2.31. The van der Waals surface area contributed by atoms with Gasteiger partial charge in [0.15, 0.2) is 12.6 Å². The van der Waals surface area contributed by atoms with Crippen molar-refractivity contribution < 1.29 is 18.9 Å². The molecule has 3 aliphatic rings. The van der Waals surface area contributed by atoms with Crippen molar-refractivity contribution in [1.29, 1.82) is 0 Å². The van der Waals surface area contributed by atoms with E-state index in [-0.39, 0.29) is 18.7 Å². The Labute approximate surface area is 144 Å². The molecule has 0 aromatic heterocycles.